The molecule has 0 aliphatic rings. The summed E-state index contributed by atoms with van der Waals surface area (Å²) < 4.78 is 13.7. The quantitative estimate of drug-likeness (QED) is 0.886. The summed E-state index contributed by atoms with van der Waals surface area (Å²) in [5.74, 6) is -1.75. The molecule has 2 N–H and O–H groups in total. The number of halogens is 1. The third kappa shape index (κ3) is 2.88. The fraction of sp³-hybridized carbons (Fsp3) is 0.143. The average molecular weight is 260 g/mol. The van der Waals surface area contributed by atoms with Crippen LogP contribution in [0.1, 0.15) is 28.9 Å². The number of anilines is 1. The lowest BCUT2D eigenvalue weighted by molar-refractivity contribution is 0.0697. The van der Waals surface area contributed by atoms with Gasteiger partial charge in [0.15, 0.2) is 0 Å². The van der Waals surface area contributed by atoms with E-state index in [0.717, 1.165) is 5.56 Å². The highest BCUT2D eigenvalue weighted by molar-refractivity contribution is 5.94. The number of para-hydroxylation sites is 1. The predicted octanol–water partition coefficient (Wildman–Crippen LogP) is 3.09. The molecule has 4 nitrogen and oxygen atoms in total. The van der Waals surface area contributed by atoms with Crippen LogP contribution >= 0.6 is 0 Å². The van der Waals surface area contributed by atoms with E-state index in [9.17, 15) is 9.18 Å². The van der Waals surface area contributed by atoms with Gasteiger partial charge in [0.05, 0.1) is 17.3 Å². The first-order chi connectivity index (χ1) is 9.09. The van der Waals surface area contributed by atoms with E-state index in [1.54, 1.807) is 18.5 Å². The zero-order valence-electron chi connectivity index (χ0n) is 10.3. The van der Waals surface area contributed by atoms with Gasteiger partial charge in [-0.2, -0.15) is 0 Å². The molecule has 1 atom stereocenters. The number of pyridine rings is 1. The van der Waals surface area contributed by atoms with Crippen molar-refractivity contribution in [3.63, 3.8) is 0 Å². The lowest BCUT2D eigenvalue weighted by atomic mass is 10.1. The van der Waals surface area contributed by atoms with Gasteiger partial charge in [-0.1, -0.05) is 12.1 Å². The molecule has 98 valence electrons. The maximum Gasteiger partial charge on any atom is 0.337 e. The molecule has 0 saturated heterocycles. The van der Waals surface area contributed by atoms with Crippen LogP contribution in [-0.2, 0) is 0 Å². The highest BCUT2D eigenvalue weighted by atomic mass is 19.1. The number of hydrogen-bond donors (Lipinski definition) is 2. The number of carbonyl (C=O) groups is 1. The fourth-order valence-electron chi connectivity index (χ4n) is 1.78. The van der Waals surface area contributed by atoms with Gasteiger partial charge in [-0.25, -0.2) is 9.18 Å². The molecule has 0 aliphatic carbocycles. The van der Waals surface area contributed by atoms with Crippen molar-refractivity contribution < 1.29 is 14.3 Å². The smallest absolute Gasteiger partial charge is 0.337 e. The van der Waals surface area contributed by atoms with Crippen molar-refractivity contribution in [2.24, 2.45) is 0 Å². The largest absolute Gasteiger partial charge is 0.478 e. The number of rotatable bonds is 4. The van der Waals surface area contributed by atoms with Crippen molar-refractivity contribution in [2.45, 2.75) is 13.0 Å². The third-order valence-corrected chi connectivity index (χ3v) is 2.79. The van der Waals surface area contributed by atoms with Crippen LogP contribution in [0.15, 0.2) is 42.7 Å². The van der Waals surface area contributed by atoms with Gasteiger partial charge in [0, 0.05) is 12.4 Å². The maximum atomic E-state index is 13.7. The fourth-order valence-corrected chi connectivity index (χ4v) is 1.78. The average Bonchev–Trinajstić information content (AvgIpc) is 2.41. The minimum Gasteiger partial charge on any atom is -0.478 e. The first-order valence-corrected chi connectivity index (χ1v) is 5.78. The molecule has 19 heavy (non-hydrogen) atoms. The van der Waals surface area contributed by atoms with E-state index >= 15 is 0 Å². The number of benzene rings is 1. The van der Waals surface area contributed by atoms with E-state index in [1.165, 1.54) is 18.2 Å². The van der Waals surface area contributed by atoms with Crippen LogP contribution in [0.25, 0.3) is 0 Å². The van der Waals surface area contributed by atoms with Crippen molar-refractivity contribution >= 4 is 11.7 Å². The number of aromatic nitrogens is 1. The Kier molecular flexibility index (Phi) is 3.75. The zero-order chi connectivity index (χ0) is 13.8. The van der Waals surface area contributed by atoms with Crippen LogP contribution < -0.4 is 5.32 Å². The SMILES string of the molecule is CC(Nc1c(F)cccc1C(=O)O)c1cccnc1. The molecule has 0 radical (unpaired) electrons. The molecule has 0 bridgehead atoms. The highest BCUT2D eigenvalue weighted by Gasteiger charge is 2.16. The second kappa shape index (κ2) is 5.48. The Labute approximate surface area is 109 Å². The van der Waals surface area contributed by atoms with Crippen molar-refractivity contribution in [3.8, 4) is 0 Å². The van der Waals surface area contributed by atoms with Crippen LogP contribution in [0.5, 0.6) is 0 Å². The van der Waals surface area contributed by atoms with Crippen LogP contribution in [-0.4, -0.2) is 16.1 Å². The summed E-state index contributed by atoms with van der Waals surface area (Å²) in [5.41, 5.74) is 0.754. The molecule has 5 heteroatoms. The van der Waals surface area contributed by atoms with Crippen LogP contribution in [0.2, 0.25) is 0 Å². The summed E-state index contributed by atoms with van der Waals surface area (Å²) in [4.78, 5) is 15.1. The summed E-state index contributed by atoms with van der Waals surface area (Å²) >= 11 is 0. The Hall–Kier alpha value is -2.43. The van der Waals surface area contributed by atoms with Crippen LogP contribution in [0.4, 0.5) is 10.1 Å². The van der Waals surface area contributed by atoms with E-state index in [4.69, 9.17) is 5.11 Å². The summed E-state index contributed by atoms with van der Waals surface area (Å²) in [7, 11) is 0. The van der Waals surface area contributed by atoms with Crippen molar-refractivity contribution in [1.29, 1.82) is 0 Å². The molecule has 0 amide bonds. The third-order valence-electron chi connectivity index (χ3n) is 2.79. The van der Waals surface area contributed by atoms with Gasteiger partial charge >= 0.3 is 5.97 Å². The van der Waals surface area contributed by atoms with E-state index in [-0.39, 0.29) is 17.3 Å². The monoisotopic (exact) mass is 260 g/mol. The summed E-state index contributed by atoms with van der Waals surface area (Å²) in [6, 6.07) is 7.33. The molecular formula is C14H13FN2O2. The normalized spacial score (nSPS) is 11.9. The molecule has 2 rings (SSSR count). The number of carboxylic acids is 1. The minimum absolute atomic E-state index is 0.00801. The van der Waals surface area contributed by atoms with Gasteiger partial charge in [-0.3, -0.25) is 4.98 Å². The van der Waals surface area contributed by atoms with Gasteiger partial charge in [0.1, 0.15) is 5.82 Å². The van der Waals surface area contributed by atoms with Gasteiger partial charge in [-0.05, 0) is 30.7 Å². The van der Waals surface area contributed by atoms with Gasteiger partial charge in [0.2, 0.25) is 0 Å². The molecule has 2 aromatic rings. The van der Waals surface area contributed by atoms with Crippen LogP contribution in [0, 0.1) is 5.82 Å². The van der Waals surface area contributed by atoms with E-state index in [0.29, 0.717) is 0 Å². The Bertz CT molecular complexity index is 587. The second-order valence-electron chi connectivity index (χ2n) is 4.12. The molecular weight excluding hydrogens is 247 g/mol. The van der Waals surface area contributed by atoms with Gasteiger partial charge in [0.25, 0.3) is 0 Å². The molecule has 0 saturated carbocycles. The first-order valence-electron chi connectivity index (χ1n) is 5.78. The Morgan fingerprint density at radius 3 is 2.79 bits per heavy atom. The number of nitrogens with zero attached hydrogens (tertiary/aromatic N) is 1. The maximum absolute atomic E-state index is 13.7. The predicted molar refractivity (Wildman–Crippen MR) is 69.6 cm³/mol. The Morgan fingerprint density at radius 1 is 1.37 bits per heavy atom. The second-order valence-corrected chi connectivity index (χ2v) is 4.12. The summed E-state index contributed by atoms with van der Waals surface area (Å²) in [6.45, 7) is 1.81. The molecule has 0 spiro atoms. The standard InChI is InChI=1S/C14H13FN2O2/c1-9(10-4-3-7-16-8-10)17-13-11(14(18)19)5-2-6-12(13)15/h2-9,17H,1H3,(H,18,19). The number of aromatic carboxylic acids is 1. The van der Waals surface area contributed by atoms with Crippen molar-refractivity contribution in [3.05, 3.63) is 59.7 Å². The first kappa shape index (κ1) is 13.0. The van der Waals surface area contributed by atoms with Crippen LogP contribution in [0.3, 0.4) is 0 Å². The lowest BCUT2D eigenvalue weighted by Crippen LogP contribution is -2.12. The number of hydrogen-bond acceptors (Lipinski definition) is 3. The molecule has 1 heterocycles. The van der Waals surface area contributed by atoms with E-state index in [1.807, 2.05) is 13.0 Å². The minimum atomic E-state index is -1.17. The topological polar surface area (TPSA) is 62.2 Å². The van der Waals surface area contributed by atoms with Crippen molar-refractivity contribution in [2.75, 3.05) is 5.32 Å². The van der Waals surface area contributed by atoms with E-state index in [2.05, 4.69) is 10.3 Å². The Balaban J connectivity index is 2.31. The van der Waals surface area contributed by atoms with Gasteiger partial charge in [-0.15, -0.1) is 0 Å². The highest BCUT2D eigenvalue weighted by Crippen LogP contribution is 2.25. The molecule has 0 fully saturated rings. The molecule has 1 aromatic carbocycles. The molecule has 1 unspecified atom stereocenters. The van der Waals surface area contributed by atoms with Crippen molar-refractivity contribution in [1.82, 2.24) is 4.98 Å². The van der Waals surface area contributed by atoms with E-state index < -0.39 is 11.8 Å². The zero-order valence-corrected chi connectivity index (χ0v) is 10.3. The Morgan fingerprint density at radius 2 is 2.16 bits per heavy atom. The van der Waals surface area contributed by atoms with Gasteiger partial charge < -0.3 is 10.4 Å². The summed E-state index contributed by atoms with van der Waals surface area (Å²) in [5, 5.41) is 11.9. The summed E-state index contributed by atoms with van der Waals surface area (Å²) in [6.07, 6.45) is 3.29. The number of carboxylic acid groups (broad SMARTS) is 1. The molecule has 0 aliphatic heterocycles. The molecule has 1 aromatic heterocycles. The lowest BCUT2D eigenvalue weighted by Gasteiger charge is -2.17. The number of nitrogens with one attached hydrogen (secondary N) is 1.